The van der Waals surface area contributed by atoms with Gasteiger partial charge in [-0.25, -0.2) is 0 Å². The molecule has 0 aromatic carbocycles. The minimum absolute atomic E-state index is 0.0490. The van der Waals surface area contributed by atoms with Crippen LogP contribution in [0.5, 0.6) is 0 Å². The van der Waals surface area contributed by atoms with Crippen LogP contribution in [0.25, 0.3) is 0 Å². The molecule has 4 nitrogen and oxygen atoms in total. The number of esters is 1. The monoisotopic (exact) mass is 388 g/mol. The van der Waals surface area contributed by atoms with Crippen LogP contribution in [0.3, 0.4) is 0 Å². The lowest BCUT2D eigenvalue weighted by atomic mass is 9.41. The molecule has 5 aliphatic rings. The number of rotatable bonds is 2. The predicted molar refractivity (Wildman–Crippen MR) is 111 cm³/mol. The number of carbonyl (C=O) groups excluding carboxylic acids is 1. The minimum Gasteiger partial charge on any atom is -0.469 e. The van der Waals surface area contributed by atoms with Gasteiger partial charge in [-0.2, -0.15) is 0 Å². The van der Waals surface area contributed by atoms with E-state index < -0.39 is 0 Å². The van der Waals surface area contributed by atoms with Gasteiger partial charge in [-0.1, -0.05) is 13.3 Å². The van der Waals surface area contributed by atoms with Crippen molar-refractivity contribution < 1.29 is 9.53 Å². The van der Waals surface area contributed by atoms with E-state index in [4.69, 9.17) is 4.74 Å². The lowest BCUT2D eigenvalue weighted by molar-refractivity contribution is -0.183. The number of carbonyl (C=O) groups is 1. The predicted octanol–water partition coefficient (Wildman–Crippen LogP) is 4.10. The summed E-state index contributed by atoms with van der Waals surface area (Å²) in [6.45, 7) is 7.13. The number of ether oxygens (including phenoxy) is 1. The summed E-state index contributed by atoms with van der Waals surface area (Å²) in [5, 5.41) is 7.59. The molecule has 0 radical (unpaired) electrons. The van der Waals surface area contributed by atoms with Crippen LogP contribution in [-0.4, -0.2) is 32.3 Å². The van der Waals surface area contributed by atoms with E-state index in [1.165, 1.54) is 70.9 Å². The van der Waals surface area contributed by atoms with Crippen molar-refractivity contribution in [1.29, 1.82) is 0 Å². The normalized spacial score (nSPS) is 51.2. The molecule has 5 fully saturated rings. The molecule has 0 aromatic heterocycles. The Kier molecular flexibility index (Phi) is 4.63. The average Bonchev–Trinajstić information content (AvgIpc) is 2.98. The standard InChI is InChI=1S/C24H40N2O2/c1-22-9-4-10-23(2,21(27)28-3)18(22)8-11-24-14-16(6-7-19(22)24)17(15-24)20-25-12-5-13-26-20/h16-20,25-26H,4-15H2,1-3H3/t16-,17-,18+,19+,22-,23?,24+/m1/s1. The van der Waals surface area contributed by atoms with Gasteiger partial charge in [0, 0.05) is 0 Å². The number of fused-ring (bicyclic) bond motifs is 3. The van der Waals surface area contributed by atoms with Crippen LogP contribution in [0.4, 0.5) is 0 Å². The molecule has 28 heavy (non-hydrogen) atoms. The van der Waals surface area contributed by atoms with Crippen molar-refractivity contribution in [3.63, 3.8) is 0 Å². The van der Waals surface area contributed by atoms with E-state index in [0.717, 1.165) is 24.2 Å². The smallest absolute Gasteiger partial charge is 0.311 e. The fourth-order valence-electron chi connectivity index (χ4n) is 9.34. The van der Waals surface area contributed by atoms with Crippen LogP contribution in [0.15, 0.2) is 0 Å². The lowest BCUT2D eigenvalue weighted by Gasteiger charge is -2.63. The Labute approximate surface area is 170 Å². The average molecular weight is 389 g/mol. The van der Waals surface area contributed by atoms with Gasteiger partial charge in [-0.3, -0.25) is 4.79 Å². The molecular formula is C24H40N2O2. The summed E-state index contributed by atoms with van der Waals surface area (Å²) >= 11 is 0. The van der Waals surface area contributed by atoms with Gasteiger partial charge in [0.15, 0.2) is 0 Å². The topological polar surface area (TPSA) is 50.4 Å². The van der Waals surface area contributed by atoms with Gasteiger partial charge in [-0.15, -0.1) is 0 Å². The van der Waals surface area contributed by atoms with E-state index in [-0.39, 0.29) is 11.4 Å². The van der Waals surface area contributed by atoms with Crippen LogP contribution in [0.2, 0.25) is 0 Å². The second-order valence-electron chi connectivity index (χ2n) is 11.4. The molecule has 4 saturated carbocycles. The Hall–Kier alpha value is -0.610. The zero-order chi connectivity index (χ0) is 19.6. The fourth-order valence-corrected chi connectivity index (χ4v) is 9.34. The van der Waals surface area contributed by atoms with Crippen LogP contribution in [0, 0.1) is 39.9 Å². The third-order valence-electron chi connectivity index (χ3n) is 10.3. The van der Waals surface area contributed by atoms with Gasteiger partial charge in [0.2, 0.25) is 0 Å². The van der Waals surface area contributed by atoms with Gasteiger partial charge >= 0.3 is 5.97 Å². The van der Waals surface area contributed by atoms with E-state index in [1.807, 2.05) is 0 Å². The number of hydrogen-bond donors (Lipinski definition) is 2. The van der Waals surface area contributed by atoms with Crippen molar-refractivity contribution in [3.05, 3.63) is 0 Å². The second-order valence-corrected chi connectivity index (χ2v) is 11.4. The first-order chi connectivity index (χ1) is 13.4. The van der Waals surface area contributed by atoms with Crippen molar-refractivity contribution in [3.8, 4) is 0 Å². The number of hydrogen-bond acceptors (Lipinski definition) is 4. The molecule has 158 valence electrons. The largest absolute Gasteiger partial charge is 0.469 e. The minimum atomic E-state index is -0.273. The van der Waals surface area contributed by atoms with Gasteiger partial charge in [0.25, 0.3) is 0 Å². The van der Waals surface area contributed by atoms with Crippen LogP contribution in [-0.2, 0) is 9.53 Å². The Morgan fingerprint density at radius 3 is 2.46 bits per heavy atom. The van der Waals surface area contributed by atoms with Gasteiger partial charge in [0.05, 0.1) is 18.7 Å². The zero-order valence-electron chi connectivity index (χ0n) is 18.2. The van der Waals surface area contributed by atoms with Gasteiger partial charge in [-0.05, 0) is 112 Å². The van der Waals surface area contributed by atoms with Gasteiger partial charge < -0.3 is 15.4 Å². The SMILES string of the molecule is COC(=O)C1(C)CCC[C@]2(C)[C@@H]1CC[C@@]13C[C@@H](CC[C@H]12)[C@H](C1NCCCN1)C3. The summed E-state index contributed by atoms with van der Waals surface area (Å²) in [4.78, 5) is 12.8. The first-order valence-corrected chi connectivity index (χ1v) is 12.0. The zero-order valence-corrected chi connectivity index (χ0v) is 18.2. The Morgan fingerprint density at radius 1 is 0.929 bits per heavy atom. The first kappa shape index (κ1) is 19.4. The molecule has 1 spiro atoms. The first-order valence-electron chi connectivity index (χ1n) is 12.0. The maximum absolute atomic E-state index is 12.8. The Balaban J connectivity index is 1.44. The highest BCUT2D eigenvalue weighted by Gasteiger charge is 2.66. The Morgan fingerprint density at radius 2 is 1.71 bits per heavy atom. The van der Waals surface area contributed by atoms with Crippen LogP contribution < -0.4 is 10.6 Å². The van der Waals surface area contributed by atoms with E-state index in [0.29, 0.717) is 22.9 Å². The maximum Gasteiger partial charge on any atom is 0.311 e. The summed E-state index contributed by atoms with van der Waals surface area (Å²) in [5.41, 5.74) is 0.575. The molecule has 1 saturated heterocycles. The third-order valence-corrected chi connectivity index (χ3v) is 10.3. The summed E-state index contributed by atoms with van der Waals surface area (Å²) in [7, 11) is 1.58. The molecule has 7 atom stereocenters. The molecule has 1 aliphatic heterocycles. The molecule has 0 amide bonds. The fraction of sp³-hybridized carbons (Fsp3) is 0.958. The molecule has 1 unspecified atom stereocenters. The summed E-state index contributed by atoms with van der Waals surface area (Å²) in [6.07, 6.45) is 13.5. The molecule has 5 rings (SSSR count). The molecule has 0 aromatic rings. The Bertz CT molecular complexity index is 632. The van der Waals surface area contributed by atoms with Crippen LogP contribution in [0.1, 0.15) is 78.1 Å². The van der Waals surface area contributed by atoms with Crippen molar-refractivity contribution in [1.82, 2.24) is 10.6 Å². The molecular weight excluding hydrogens is 348 g/mol. The van der Waals surface area contributed by atoms with Crippen LogP contribution >= 0.6 is 0 Å². The van der Waals surface area contributed by atoms with Crippen molar-refractivity contribution in [2.45, 2.75) is 84.2 Å². The van der Waals surface area contributed by atoms with E-state index in [9.17, 15) is 4.79 Å². The number of methoxy groups -OCH3 is 1. The van der Waals surface area contributed by atoms with E-state index in [1.54, 1.807) is 7.11 Å². The van der Waals surface area contributed by atoms with Crippen molar-refractivity contribution in [2.24, 2.45) is 39.9 Å². The highest BCUT2D eigenvalue weighted by molar-refractivity contribution is 5.77. The van der Waals surface area contributed by atoms with Crippen molar-refractivity contribution in [2.75, 3.05) is 20.2 Å². The highest BCUT2D eigenvalue weighted by atomic mass is 16.5. The molecule has 4 aliphatic carbocycles. The quantitative estimate of drug-likeness (QED) is 0.700. The maximum atomic E-state index is 12.8. The molecule has 1 heterocycles. The molecule has 2 bridgehead atoms. The summed E-state index contributed by atoms with van der Waals surface area (Å²) in [6, 6.07) is 0. The highest BCUT2D eigenvalue weighted by Crippen LogP contribution is 2.72. The number of nitrogens with one attached hydrogen (secondary N) is 2. The van der Waals surface area contributed by atoms with Crippen molar-refractivity contribution >= 4 is 5.97 Å². The van der Waals surface area contributed by atoms with E-state index in [2.05, 4.69) is 24.5 Å². The third kappa shape index (κ3) is 2.59. The summed E-state index contributed by atoms with van der Waals surface area (Å²) < 4.78 is 5.32. The summed E-state index contributed by atoms with van der Waals surface area (Å²) in [5.74, 6) is 3.05. The molecule has 4 heteroatoms. The second kappa shape index (κ2) is 6.70. The van der Waals surface area contributed by atoms with E-state index >= 15 is 0 Å². The van der Waals surface area contributed by atoms with Gasteiger partial charge in [0.1, 0.15) is 0 Å². The lowest BCUT2D eigenvalue weighted by Crippen LogP contribution is -2.58. The molecule has 2 N–H and O–H groups in total.